The lowest BCUT2D eigenvalue weighted by Gasteiger charge is -2.22. The number of nitrogens with zero attached hydrogens (tertiary/aromatic N) is 1. The Kier molecular flexibility index (Phi) is 9.95. The van der Waals surface area contributed by atoms with Crippen LogP contribution in [0.3, 0.4) is 0 Å². The van der Waals surface area contributed by atoms with Crippen molar-refractivity contribution in [2.24, 2.45) is 11.7 Å². The molecule has 0 radical (unpaired) electrons. The molecule has 1 aliphatic carbocycles. The number of alkyl halides is 2. The number of nitrogens with one attached hydrogen (secondary N) is 2. The van der Waals surface area contributed by atoms with E-state index in [0.717, 1.165) is 44.4 Å². The third-order valence-corrected chi connectivity index (χ3v) is 5.99. The molecule has 0 saturated heterocycles. The normalized spacial score (nSPS) is 16.5. The Balaban J connectivity index is 2.77. The first-order valence-corrected chi connectivity index (χ1v) is 12.0. The van der Waals surface area contributed by atoms with E-state index >= 15 is 0 Å². The van der Waals surface area contributed by atoms with Crippen molar-refractivity contribution in [3.8, 4) is 0 Å². The van der Waals surface area contributed by atoms with Gasteiger partial charge in [-0.3, -0.25) is 14.6 Å². The van der Waals surface area contributed by atoms with Crippen LogP contribution in [0.4, 0.5) is 8.78 Å². The van der Waals surface area contributed by atoms with Gasteiger partial charge in [0.2, 0.25) is 5.56 Å². The highest BCUT2D eigenvalue weighted by molar-refractivity contribution is 5.73. The van der Waals surface area contributed by atoms with Crippen molar-refractivity contribution >= 4 is 11.5 Å². The standard InChI is InChI=1S/C27H36F2N4O3/c1-16(30)11-12-23(17(2)26(35)36)32-18(3)22-13-21(27(5,28)29)15-31-25(34)14-24(33-19(22)4)20-9-7-6-8-10-20/h9,11-15,17-18,32H,6-8,10,30H2,1-5H3,(H,31,34)(H,35,36)/b16-11-,23-12+. The lowest BCUT2D eigenvalue weighted by molar-refractivity contribution is -0.140. The number of nitrogens with two attached hydrogens (primary N) is 1. The fourth-order valence-corrected chi connectivity index (χ4v) is 3.83. The molecule has 2 atom stereocenters. The monoisotopic (exact) mass is 502 g/mol. The summed E-state index contributed by atoms with van der Waals surface area (Å²) in [6.07, 6.45) is 9.89. The number of halogens is 2. The number of carbonyl (C=O) groups is 1. The van der Waals surface area contributed by atoms with E-state index in [1.165, 1.54) is 19.1 Å². The van der Waals surface area contributed by atoms with Gasteiger partial charge >= 0.3 is 5.97 Å². The summed E-state index contributed by atoms with van der Waals surface area (Å²) in [5.74, 6) is -5.19. The fourth-order valence-electron chi connectivity index (χ4n) is 3.83. The summed E-state index contributed by atoms with van der Waals surface area (Å²) in [5.41, 5.74) is 7.90. The Morgan fingerprint density at radius 1 is 1.28 bits per heavy atom. The molecular weight excluding hydrogens is 466 g/mol. The molecule has 0 saturated carbocycles. The van der Waals surface area contributed by atoms with Crippen LogP contribution in [-0.2, 0) is 10.7 Å². The van der Waals surface area contributed by atoms with Crippen molar-refractivity contribution in [2.75, 3.05) is 0 Å². The minimum atomic E-state index is -3.25. The predicted octanol–water partition coefficient (Wildman–Crippen LogP) is 5.39. The number of aryl methyl sites for hydroxylation is 1. The number of hydrogen-bond acceptors (Lipinski definition) is 5. The zero-order valence-corrected chi connectivity index (χ0v) is 21.5. The molecule has 2 rings (SSSR count). The number of rotatable bonds is 8. The van der Waals surface area contributed by atoms with E-state index in [-0.39, 0.29) is 0 Å². The molecule has 1 heterocycles. The van der Waals surface area contributed by atoms with Crippen LogP contribution in [0.2, 0.25) is 0 Å². The number of aromatic nitrogens is 2. The Hall–Kier alpha value is -3.49. The third kappa shape index (κ3) is 8.32. The van der Waals surface area contributed by atoms with Crippen LogP contribution in [-0.4, -0.2) is 21.0 Å². The van der Waals surface area contributed by atoms with E-state index in [4.69, 9.17) is 10.7 Å². The number of allylic oxidation sites excluding steroid dienone is 5. The largest absolute Gasteiger partial charge is 0.481 e. The number of aliphatic carboxylic acids is 1. The summed E-state index contributed by atoms with van der Waals surface area (Å²) in [6.45, 7) is 7.38. The van der Waals surface area contributed by atoms with Crippen LogP contribution in [0.25, 0.3) is 5.57 Å². The van der Waals surface area contributed by atoms with E-state index in [9.17, 15) is 23.5 Å². The van der Waals surface area contributed by atoms with Crippen LogP contribution in [0, 0.1) is 12.8 Å². The third-order valence-electron chi connectivity index (χ3n) is 5.99. The van der Waals surface area contributed by atoms with Gasteiger partial charge in [0, 0.05) is 41.8 Å². The molecule has 0 fully saturated rings. The highest BCUT2D eigenvalue weighted by Gasteiger charge is 2.26. The van der Waals surface area contributed by atoms with Gasteiger partial charge in [-0.2, -0.15) is 0 Å². The zero-order chi connectivity index (χ0) is 27.0. The SMILES string of the molecule is C/C(N)=C/C=C(/NC(C)c1cc(C(C)(F)F)c[nH]c(=O)cc(C2=CCCCC2)nc1C)C(C)C(=O)O. The summed E-state index contributed by atoms with van der Waals surface area (Å²) in [5, 5.41) is 12.7. The molecule has 1 aromatic rings. The van der Waals surface area contributed by atoms with Crippen molar-refractivity contribution in [3.63, 3.8) is 0 Å². The second kappa shape index (κ2) is 12.5. The topological polar surface area (TPSA) is 121 Å². The number of H-pyrrole nitrogens is 1. The lowest BCUT2D eigenvalue weighted by Crippen LogP contribution is -2.27. The molecule has 0 amide bonds. The molecule has 2 unspecified atom stereocenters. The molecule has 5 N–H and O–H groups in total. The second-order valence-electron chi connectivity index (χ2n) is 9.26. The molecule has 0 aromatic carbocycles. The average molecular weight is 503 g/mol. The number of carboxylic acid groups (broad SMARTS) is 1. The minimum absolute atomic E-state index is 0.360. The van der Waals surface area contributed by atoms with Crippen LogP contribution < -0.4 is 16.6 Å². The highest BCUT2D eigenvalue weighted by atomic mass is 19.3. The van der Waals surface area contributed by atoms with Crippen LogP contribution in [0.5, 0.6) is 0 Å². The Morgan fingerprint density at radius 3 is 2.53 bits per heavy atom. The maximum absolute atomic E-state index is 14.5. The van der Waals surface area contributed by atoms with Gasteiger partial charge in [-0.25, -0.2) is 8.78 Å². The number of hydrogen-bond donors (Lipinski definition) is 4. The van der Waals surface area contributed by atoms with E-state index in [2.05, 4.69) is 16.4 Å². The van der Waals surface area contributed by atoms with Gasteiger partial charge in [0.05, 0.1) is 17.7 Å². The minimum Gasteiger partial charge on any atom is -0.481 e. The molecule has 36 heavy (non-hydrogen) atoms. The van der Waals surface area contributed by atoms with Crippen molar-refractivity contribution in [3.05, 3.63) is 80.8 Å². The summed E-state index contributed by atoms with van der Waals surface area (Å²) in [6, 6.07) is 2.02. The maximum atomic E-state index is 14.5. The van der Waals surface area contributed by atoms with Gasteiger partial charge < -0.3 is 21.1 Å². The highest BCUT2D eigenvalue weighted by Crippen LogP contribution is 2.29. The molecular formula is C27H36F2N4O3. The zero-order valence-electron chi connectivity index (χ0n) is 21.5. The van der Waals surface area contributed by atoms with Gasteiger partial charge in [0.25, 0.3) is 5.92 Å². The molecule has 1 aliphatic rings. The molecule has 0 bridgehead atoms. The summed E-state index contributed by atoms with van der Waals surface area (Å²) in [4.78, 5) is 31.3. The van der Waals surface area contributed by atoms with E-state index in [1.54, 1.807) is 32.9 Å². The summed E-state index contributed by atoms with van der Waals surface area (Å²) < 4.78 is 28.9. The van der Waals surface area contributed by atoms with Gasteiger partial charge in [-0.15, -0.1) is 0 Å². The van der Waals surface area contributed by atoms with Crippen molar-refractivity contribution < 1.29 is 18.7 Å². The first-order chi connectivity index (χ1) is 16.8. The van der Waals surface area contributed by atoms with Gasteiger partial charge in [0.15, 0.2) is 0 Å². The fraction of sp³-hybridized carbons (Fsp3) is 0.444. The lowest BCUT2D eigenvalue weighted by atomic mass is 9.97. The molecule has 9 heteroatoms. The molecule has 196 valence electrons. The summed E-state index contributed by atoms with van der Waals surface area (Å²) in [7, 11) is 0. The average Bonchev–Trinajstić information content (AvgIpc) is 2.79. The van der Waals surface area contributed by atoms with Crippen molar-refractivity contribution in [2.45, 2.75) is 72.3 Å². The number of carboxylic acids is 1. The van der Waals surface area contributed by atoms with Gasteiger partial charge in [-0.1, -0.05) is 6.08 Å². The van der Waals surface area contributed by atoms with Crippen LogP contribution >= 0.6 is 0 Å². The van der Waals surface area contributed by atoms with E-state index < -0.39 is 35.0 Å². The maximum Gasteiger partial charge on any atom is 0.312 e. The van der Waals surface area contributed by atoms with E-state index in [1.807, 2.05) is 0 Å². The first-order valence-electron chi connectivity index (χ1n) is 12.0. The van der Waals surface area contributed by atoms with Crippen molar-refractivity contribution in [1.82, 2.24) is 15.3 Å². The quantitative estimate of drug-likeness (QED) is 0.354. The van der Waals surface area contributed by atoms with Gasteiger partial charge in [0.1, 0.15) is 0 Å². The summed E-state index contributed by atoms with van der Waals surface area (Å²) >= 11 is 0. The van der Waals surface area contributed by atoms with Crippen LogP contribution in [0.15, 0.2) is 52.7 Å². The van der Waals surface area contributed by atoms with Crippen molar-refractivity contribution in [1.29, 1.82) is 0 Å². The smallest absolute Gasteiger partial charge is 0.312 e. The first kappa shape index (κ1) is 28.7. The molecule has 1 aromatic heterocycles. The molecule has 0 aliphatic heterocycles. The van der Waals surface area contributed by atoms with E-state index in [0.29, 0.717) is 28.3 Å². The van der Waals surface area contributed by atoms with Gasteiger partial charge in [-0.05, 0) is 82.7 Å². The Bertz CT molecular complexity index is 1170. The second-order valence-corrected chi connectivity index (χ2v) is 9.26. The van der Waals surface area contributed by atoms with Crippen LogP contribution in [0.1, 0.15) is 81.9 Å². The number of aromatic amines is 1. The Labute approximate surface area is 210 Å². The predicted molar refractivity (Wildman–Crippen MR) is 138 cm³/mol. The molecule has 7 nitrogen and oxygen atoms in total. The molecule has 0 spiro atoms. The Morgan fingerprint density at radius 2 is 1.97 bits per heavy atom.